The third kappa shape index (κ3) is 4.11. The predicted molar refractivity (Wildman–Crippen MR) is 135 cm³/mol. The van der Waals surface area contributed by atoms with Gasteiger partial charge in [-0.1, -0.05) is 48.5 Å². The van der Waals surface area contributed by atoms with Crippen LogP contribution in [-0.4, -0.2) is 30.5 Å². The van der Waals surface area contributed by atoms with Crippen molar-refractivity contribution in [1.82, 2.24) is 4.98 Å². The molecule has 0 fully saturated rings. The molecule has 0 bridgehead atoms. The minimum Gasteiger partial charge on any atom is -0.480 e. The standard InChI is InChI=1S/C26H22N2O5S2/c1-16-23(27-25(33-16)18-7-3-2-4-8-18)24(34)17-11-13-20(14-12-17)35(31,32)28-21-10-6-5-9-19(21)15-22(28)26(29)30/h2-14,22,24,34H,15H2,1H3,(H,29,30). The first-order valence-electron chi connectivity index (χ1n) is 10.9. The normalized spacial score (nSPS) is 16.2. The summed E-state index contributed by atoms with van der Waals surface area (Å²) < 4.78 is 33.8. The van der Waals surface area contributed by atoms with E-state index in [1.165, 1.54) is 12.1 Å². The molecule has 4 aromatic rings. The molecule has 1 N–H and O–H groups in total. The van der Waals surface area contributed by atoms with Gasteiger partial charge >= 0.3 is 5.97 Å². The third-order valence-electron chi connectivity index (χ3n) is 6.08. The third-order valence-corrected chi connectivity index (χ3v) is 8.45. The van der Waals surface area contributed by atoms with Gasteiger partial charge in [0.2, 0.25) is 5.89 Å². The molecule has 0 radical (unpaired) electrons. The van der Waals surface area contributed by atoms with Gasteiger partial charge in [0.25, 0.3) is 10.0 Å². The van der Waals surface area contributed by atoms with Crippen LogP contribution in [0.3, 0.4) is 0 Å². The Morgan fingerprint density at radius 1 is 1.06 bits per heavy atom. The smallest absolute Gasteiger partial charge is 0.327 e. The van der Waals surface area contributed by atoms with E-state index in [2.05, 4.69) is 4.98 Å². The van der Waals surface area contributed by atoms with Crippen LogP contribution in [0, 0.1) is 6.92 Å². The van der Waals surface area contributed by atoms with Gasteiger partial charge < -0.3 is 9.52 Å². The summed E-state index contributed by atoms with van der Waals surface area (Å²) in [5.41, 5.74) is 3.30. The molecule has 35 heavy (non-hydrogen) atoms. The molecule has 1 aromatic heterocycles. The molecule has 3 aromatic carbocycles. The van der Waals surface area contributed by atoms with Crippen molar-refractivity contribution in [3.05, 3.63) is 101 Å². The second-order valence-corrected chi connectivity index (χ2v) is 10.6. The number of thiol groups is 1. The zero-order valence-corrected chi connectivity index (χ0v) is 20.4. The minimum atomic E-state index is -4.10. The SMILES string of the molecule is Cc1oc(-c2ccccc2)nc1C(S)c1ccc(S(=O)(=O)N2c3ccccc3CC2C(=O)O)cc1. The molecule has 1 aliphatic heterocycles. The van der Waals surface area contributed by atoms with Crippen molar-refractivity contribution in [2.45, 2.75) is 29.5 Å². The Hall–Kier alpha value is -3.56. The van der Waals surface area contributed by atoms with Crippen molar-refractivity contribution in [3.8, 4) is 11.5 Å². The van der Waals surface area contributed by atoms with Crippen LogP contribution in [-0.2, 0) is 21.2 Å². The topological polar surface area (TPSA) is 101 Å². The van der Waals surface area contributed by atoms with Crippen LogP contribution in [0.15, 0.2) is 88.2 Å². The number of carboxylic acid groups (broad SMARTS) is 1. The fraction of sp³-hybridized carbons (Fsp3) is 0.154. The van der Waals surface area contributed by atoms with Crippen LogP contribution in [0.5, 0.6) is 0 Å². The molecule has 0 aliphatic carbocycles. The first-order chi connectivity index (χ1) is 16.8. The number of nitrogens with zero attached hydrogens (tertiary/aromatic N) is 2. The lowest BCUT2D eigenvalue weighted by atomic mass is 10.1. The molecule has 5 rings (SSSR count). The Morgan fingerprint density at radius 2 is 1.71 bits per heavy atom. The van der Waals surface area contributed by atoms with E-state index in [-0.39, 0.29) is 11.3 Å². The number of aromatic nitrogens is 1. The summed E-state index contributed by atoms with van der Waals surface area (Å²) in [6, 6.07) is 21.5. The van der Waals surface area contributed by atoms with Crippen LogP contribution in [0.1, 0.15) is 27.8 Å². The molecule has 7 nitrogen and oxygen atoms in total. The van der Waals surface area contributed by atoms with Crippen molar-refractivity contribution >= 4 is 34.3 Å². The highest BCUT2D eigenvalue weighted by atomic mass is 32.2. The number of carboxylic acids is 1. The predicted octanol–water partition coefficient (Wildman–Crippen LogP) is 4.87. The number of anilines is 1. The van der Waals surface area contributed by atoms with Gasteiger partial charge in [-0.25, -0.2) is 18.2 Å². The summed E-state index contributed by atoms with van der Waals surface area (Å²) in [7, 11) is -4.10. The van der Waals surface area contributed by atoms with Gasteiger partial charge in [0.15, 0.2) is 0 Å². The lowest BCUT2D eigenvalue weighted by Crippen LogP contribution is -2.42. The van der Waals surface area contributed by atoms with Crippen LogP contribution >= 0.6 is 12.6 Å². The second-order valence-electron chi connectivity index (χ2n) is 8.29. The number of aryl methyl sites for hydroxylation is 1. The zero-order valence-electron chi connectivity index (χ0n) is 18.7. The molecule has 0 amide bonds. The number of benzene rings is 3. The van der Waals surface area contributed by atoms with E-state index < -0.39 is 27.3 Å². The van der Waals surface area contributed by atoms with Gasteiger partial charge in [-0.05, 0) is 48.4 Å². The number of para-hydroxylation sites is 1. The van der Waals surface area contributed by atoms with Crippen molar-refractivity contribution < 1.29 is 22.7 Å². The van der Waals surface area contributed by atoms with E-state index in [1.54, 1.807) is 36.4 Å². The van der Waals surface area contributed by atoms with Crippen molar-refractivity contribution in [2.24, 2.45) is 0 Å². The first kappa shape index (κ1) is 23.2. The maximum atomic E-state index is 13.5. The minimum absolute atomic E-state index is 0.00610. The molecule has 2 unspecified atom stereocenters. The zero-order chi connectivity index (χ0) is 24.7. The van der Waals surface area contributed by atoms with E-state index in [1.807, 2.05) is 37.3 Å². The van der Waals surface area contributed by atoms with Crippen molar-refractivity contribution in [3.63, 3.8) is 0 Å². The first-order valence-corrected chi connectivity index (χ1v) is 12.9. The quantitative estimate of drug-likeness (QED) is 0.362. The second kappa shape index (κ2) is 8.90. The van der Waals surface area contributed by atoms with Gasteiger partial charge in [0.05, 0.1) is 21.5 Å². The molecule has 1 aliphatic rings. The lowest BCUT2D eigenvalue weighted by molar-refractivity contribution is -0.138. The Labute approximate surface area is 208 Å². The summed E-state index contributed by atoms with van der Waals surface area (Å²) in [5, 5.41) is 9.25. The summed E-state index contributed by atoms with van der Waals surface area (Å²) in [4.78, 5) is 16.5. The van der Waals surface area contributed by atoms with Crippen LogP contribution in [0.2, 0.25) is 0 Å². The monoisotopic (exact) mass is 506 g/mol. The van der Waals surface area contributed by atoms with Crippen LogP contribution in [0.25, 0.3) is 11.5 Å². The van der Waals surface area contributed by atoms with Crippen LogP contribution < -0.4 is 4.31 Å². The summed E-state index contributed by atoms with van der Waals surface area (Å²) in [6.07, 6.45) is 0.122. The van der Waals surface area contributed by atoms with E-state index in [0.717, 1.165) is 15.4 Å². The Bertz CT molecular complexity index is 1500. The summed E-state index contributed by atoms with van der Waals surface area (Å²) in [6.45, 7) is 1.81. The van der Waals surface area contributed by atoms with E-state index in [4.69, 9.17) is 17.0 Å². The number of hydrogen-bond donors (Lipinski definition) is 2. The van der Waals surface area contributed by atoms with Gasteiger partial charge in [0.1, 0.15) is 11.8 Å². The summed E-state index contributed by atoms with van der Waals surface area (Å²) in [5.74, 6) is -0.0742. The van der Waals surface area contributed by atoms with Gasteiger partial charge in [-0.15, -0.1) is 0 Å². The van der Waals surface area contributed by atoms with Crippen molar-refractivity contribution in [2.75, 3.05) is 4.31 Å². The average Bonchev–Trinajstić information content (AvgIpc) is 3.46. The van der Waals surface area contributed by atoms with Gasteiger partial charge in [-0.2, -0.15) is 12.6 Å². The molecule has 2 atom stereocenters. The molecule has 2 heterocycles. The summed E-state index contributed by atoms with van der Waals surface area (Å²) >= 11 is 4.72. The lowest BCUT2D eigenvalue weighted by Gasteiger charge is -2.24. The average molecular weight is 507 g/mol. The Morgan fingerprint density at radius 3 is 2.40 bits per heavy atom. The number of aliphatic carboxylic acids is 1. The Kier molecular flexibility index (Phi) is 5.90. The highest BCUT2D eigenvalue weighted by molar-refractivity contribution is 7.93. The number of fused-ring (bicyclic) bond motifs is 1. The maximum absolute atomic E-state index is 13.5. The molecule has 0 spiro atoms. The highest BCUT2D eigenvalue weighted by Crippen LogP contribution is 2.38. The number of sulfonamides is 1. The van der Waals surface area contributed by atoms with Crippen LogP contribution in [0.4, 0.5) is 5.69 Å². The van der Waals surface area contributed by atoms with E-state index in [9.17, 15) is 18.3 Å². The fourth-order valence-corrected chi connectivity index (χ4v) is 6.36. The molecule has 178 valence electrons. The number of carbonyl (C=O) groups is 1. The molecular weight excluding hydrogens is 484 g/mol. The molecule has 0 saturated carbocycles. The van der Waals surface area contributed by atoms with E-state index >= 15 is 0 Å². The van der Waals surface area contributed by atoms with Gasteiger partial charge in [0, 0.05) is 12.0 Å². The molecule has 9 heteroatoms. The number of rotatable bonds is 6. The molecule has 0 saturated heterocycles. The number of oxazole rings is 1. The van der Waals surface area contributed by atoms with Crippen molar-refractivity contribution in [1.29, 1.82) is 0 Å². The number of hydrogen-bond acceptors (Lipinski definition) is 6. The fourth-order valence-electron chi connectivity index (χ4n) is 4.30. The largest absolute Gasteiger partial charge is 0.480 e. The Balaban J connectivity index is 1.45. The molecular formula is C26H22N2O5S2. The highest BCUT2D eigenvalue weighted by Gasteiger charge is 2.42. The maximum Gasteiger partial charge on any atom is 0.327 e. The van der Waals surface area contributed by atoms with E-state index in [0.29, 0.717) is 28.6 Å². The van der Waals surface area contributed by atoms with Gasteiger partial charge in [-0.3, -0.25) is 4.31 Å².